The molecule has 0 aliphatic carbocycles. The Kier molecular flexibility index (Phi) is 3.58. The normalized spacial score (nSPS) is 11.3. The summed E-state index contributed by atoms with van der Waals surface area (Å²) in [7, 11) is 0. The van der Waals surface area contributed by atoms with Gasteiger partial charge in [0.25, 0.3) is 0 Å². The van der Waals surface area contributed by atoms with Gasteiger partial charge >= 0.3 is 153 Å². The molecular weight excluding hydrogens is 422 g/mol. The van der Waals surface area contributed by atoms with Crippen LogP contribution < -0.4 is 0 Å². The molecule has 0 saturated carbocycles. The van der Waals surface area contributed by atoms with Gasteiger partial charge in [0.2, 0.25) is 0 Å². The van der Waals surface area contributed by atoms with Crippen LogP contribution in [-0.4, -0.2) is 29.0 Å². The first-order chi connectivity index (χ1) is 11.9. The quantitative estimate of drug-likeness (QED) is 0.324. The monoisotopic (exact) mass is 438 g/mol. The van der Waals surface area contributed by atoms with Crippen LogP contribution in [0.5, 0.6) is 0 Å². The Morgan fingerprint density at radius 3 is 1.29 bits per heavy atom. The summed E-state index contributed by atoms with van der Waals surface area (Å²) in [6.07, 6.45) is 0. The van der Waals surface area contributed by atoms with Crippen LogP contribution in [0.2, 0.25) is 0 Å². The van der Waals surface area contributed by atoms with Crippen molar-refractivity contribution in [1.29, 1.82) is 0 Å². The Hall–Kier alpha value is -1.82. The van der Waals surface area contributed by atoms with Crippen LogP contribution in [0.25, 0.3) is 39.3 Å². The number of benzene rings is 3. The second-order valence-electron chi connectivity index (χ2n) is 5.88. The first kappa shape index (κ1) is 14.5. The number of hydrogen-bond donors (Lipinski definition) is 0. The summed E-state index contributed by atoms with van der Waals surface area (Å²) in [5.41, 5.74) is 2.75. The molecule has 0 unspecified atom stereocenters. The molecule has 3 aromatic carbocycles. The summed E-state index contributed by atoms with van der Waals surface area (Å²) >= 11 is 0.837. The van der Waals surface area contributed by atoms with Gasteiger partial charge in [0.15, 0.2) is 0 Å². The maximum atomic E-state index is 2.44. The summed E-state index contributed by atoms with van der Waals surface area (Å²) in [5, 5.41) is 2.88. The molecule has 0 N–H and O–H groups in total. The molecule has 24 heavy (non-hydrogen) atoms. The van der Waals surface area contributed by atoms with E-state index in [1.807, 2.05) is 0 Å². The molecule has 0 aliphatic heterocycles. The van der Waals surface area contributed by atoms with Crippen LogP contribution in [-0.2, 0) is 0 Å². The minimum atomic E-state index is 0.419. The fraction of sp³-hybridized carbons (Fsp3) is 0. The topological polar surface area (TPSA) is 0 Å². The van der Waals surface area contributed by atoms with Gasteiger partial charge in [-0.1, -0.05) is 0 Å². The summed E-state index contributed by atoms with van der Waals surface area (Å²) < 4.78 is 6.06. The third-order valence-corrected chi connectivity index (χ3v) is 9.08. The molecule has 0 saturated heterocycles. The zero-order valence-corrected chi connectivity index (χ0v) is 16.3. The van der Waals surface area contributed by atoms with Gasteiger partial charge in [0, 0.05) is 0 Å². The molecule has 5 aromatic rings. The van der Waals surface area contributed by atoms with E-state index in [4.69, 9.17) is 0 Å². The van der Waals surface area contributed by atoms with Gasteiger partial charge in [-0.25, -0.2) is 0 Å². The standard InChI is InChI=1S/C22H14Se2/c1-3-7-15(8-4-1)19-11-17-13-22-18(14-21(17)23-19)12-20(24-22)16-9-5-2-6-10-16/h1-14H. The van der Waals surface area contributed by atoms with Crippen LogP contribution in [0.4, 0.5) is 0 Å². The van der Waals surface area contributed by atoms with Crippen LogP contribution in [0.3, 0.4) is 0 Å². The van der Waals surface area contributed by atoms with Gasteiger partial charge in [-0.05, 0) is 0 Å². The van der Waals surface area contributed by atoms with Gasteiger partial charge in [-0.3, -0.25) is 0 Å². The number of fused-ring (bicyclic) bond motifs is 2. The van der Waals surface area contributed by atoms with Crippen LogP contribution in [0.1, 0.15) is 0 Å². The molecule has 0 atom stereocenters. The molecule has 2 heterocycles. The summed E-state index contributed by atoms with van der Waals surface area (Å²) in [5.74, 6) is 0. The van der Waals surface area contributed by atoms with E-state index in [-0.39, 0.29) is 0 Å². The Bertz CT molecular complexity index is 992. The molecule has 114 valence electrons. The van der Waals surface area contributed by atoms with Crippen molar-refractivity contribution in [3.05, 3.63) is 84.9 Å². The molecule has 0 spiro atoms. The van der Waals surface area contributed by atoms with E-state index >= 15 is 0 Å². The van der Waals surface area contributed by atoms with Crippen molar-refractivity contribution < 1.29 is 0 Å². The molecule has 0 aliphatic rings. The van der Waals surface area contributed by atoms with E-state index in [0.29, 0.717) is 29.0 Å². The molecule has 0 nitrogen and oxygen atoms in total. The van der Waals surface area contributed by atoms with Crippen molar-refractivity contribution in [2.75, 3.05) is 0 Å². The summed E-state index contributed by atoms with van der Waals surface area (Å²) in [6.45, 7) is 0. The fourth-order valence-corrected chi connectivity index (χ4v) is 7.67. The fourth-order valence-electron chi connectivity index (χ4n) is 3.06. The zero-order chi connectivity index (χ0) is 15.9. The van der Waals surface area contributed by atoms with Crippen molar-refractivity contribution in [3.63, 3.8) is 0 Å². The second kappa shape index (κ2) is 5.92. The van der Waals surface area contributed by atoms with Crippen LogP contribution in [0, 0.1) is 0 Å². The van der Waals surface area contributed by atoms with Crippen molar-refractivity contribution >= 4 is 48.3 Å². The number of rotatable bonds is 2. The van der Waals surface area contributed by atoms with Gasteiger partial charge in [-0.2, -0.15) is 0 Å². The predicted octanol–water partition coefficient (Wildman–Crippen LogP) is 5.44. The Morgan fingerprint density at radius 1 is 0.458 bits per heavy atom. The van der Waals surface area contributed by atoms with Crippen LogP contribution in [0.15, 0.2) is 84.9 Å². The molecule has 5 rings (SSSR count). The zero-order valence-electron chi connectivity index (χ0n) is 12.9. The van der Waals surface area contributed by atoms with Gasteiger partial charge in [0.1, 0.15) is 0 Å². The average Bonchev–Trinajstić information content (AvgIpc) is 3.24. The van der Waals surface area contributed by atoms with Gasteiger partial charge in [0.05, 0.1) is 0 Å². The van der Waals surface area contributed by atoms with Crippen LogP contribution >= 0.6 is 0 Å². The second-order valence-corrected chi connectivity index (χ2v) is 10.4. The van der Waals surface area contributed by atoms with E-state index in [0.717, 1.165) is 0 Å². The predicted molar refractivity (Wildman–Crippen MR) is 106 cm³/mol. The van der Waals surface area contributed by atoms with E-state index in [1.54, 1.807) is 0 Å². The number of hydrogen-bond acceptors (Lipinski definition) is 0. The molecule has 0 fully saturated rings. The molecule has 0 amide bonds. The molecule has 0 radical (unpaired) electrons. The molecule has 2 heteroatoms. The first-order valence-electron chi connectivity index (χ1n) is 7.95. The van der Waals surface area contributed by atoms with E-state index < -0.39 is 0 Å². The van der Waals surface area contributed by atoms with Crippen molar-refractivity contribution in [3.8, 4) is 20.0 Å². The molecule has 2 aromatic heterocycles. The maximum absolute atomic E-state index is 2.44. The SMILES string of the molecule is c1ccc(-c2cc3cc4[se]c(-c5ccccc5)cc4cc3[se]2)cc1. The van der Waals surface area contributed by atoms with E-state index in [1.165, 1.54) is 39.3 Å². The third kappa shape index (κ3) is 2.53. The summed E-state index contributed by atoms with van der Waals surface area (Å²) in [4.78, 5) is 0. The van der Waals surface area contributed by atoms with E-state index in [9.17, 15) is 0 Å². The average molecular weight is 436 g/mol. The van der Waals surface area contributed by atoms with Crippen molar-refractivity contribution in [2.45, 2.75) is 0 Å². The Balaban J connectivity index is 1.65. The molecular formula is C22H14Se2. The summed E-state index contributed by atoms with van der Waals surface area (Å²) in [6, 6.07) is 31.3. The Labute approximate surface area is 152 Å². The van der Waals surface area contributed by atoms with Crippen molar-refractivity contribution in [2.24, 2.45) is 0 Å². The van der Waals surface area contributed by atoms with Gasteiger partial charge < -0.3 is 0 Å². The third-order valence-electron chi connectivity index (χ3n) is 4.27. The van der Waals surface area contributed by atoms with E-state index in [2.05, 4.69) is 84.9 Å². The Morgan fingerprint density at radius 2 is 0.875 bits per heavy atom. The first-order valence-corrected chi connectivity index (χ1v) is 11.4. The minimum absolute atomic E-state index is 0.419. The van der Waals surface area contributed by atoms with Gasteiger partial charge in [-0.15, -0.1) is 0 Å². The molecule has 0 bridgehead atoms. The van der Waals surface area contributed by atoms with Crippen molar-refractivity contribution in [1.82, 2.24) is 0 Å².